The van der Waals surface area contributed by atoms with E-state index >= 15 is 4.39 Å². The number of hydrogen-bond donors (Lipinski definition) is 0. The highest BCUT2D eigenvalue weighted by molar-refractivity contribution is 5.59. The summed E-state index contributed by atoms with van der Waals surface area (Å²) < 4.78 is 55.9. The number of aromatic nitrogens is 4. The molecule has 0 atom stereocenters. The molecule has 0 aliphatic carbocycles. The Hall–Kier alpha value is -3.85. The van der Waals surface area contributed by atoms with E-state index in [2.05, 4.69) is 14.9 Å². The van der Waals surface area contributed by atoms with Crippen molar-refractivity contribution in [3.63, 3.8) is 0 Å². The van der Waals surface area contributed by atoms with Crippen LogP contribution in [-0.4, -0.2) is 39.6 Å². The largest absolute Gasteiger partial charge is 0.457 e. The lowest BCUT2D eigenvalue weighted by molar-refractivity contribution is 0.0853. The summed E-state index contributed by atoms with van der Waals surface area (Å²) in [6.45, 7) is -2.42. The third kappa shape index (κ3) is 4.22. The molecule has 0 radical (unpaired) electrons. The Bertz CT molecular complexity index is 1430. The van der Waals surface area contributed by atoms with Crippen LogP contribution in [0.25, 0.3) is 22.8 Å². The summed E-state index contributed by atoms with van der Waals surface area (Å²) in [5.41, 5.74) is 0.589. The fourth-order valence-corrected chi connectivity index (χ4v) is 4.13. The van der Waals surface area contributed by atoms with Crippen LogP contribution in [0.3, 0.4) is 0 Å². The maximum absolute atomic E-state index is 15.3. The molecule has 4 aromatic rings. The first-order valence-corrected chi connectivity index (χ1v) is 10.8. The monoisotopic (exact) mass is 465 g/mol. The minimum Gasteiger partial charge on any atom is -0.457 e. The second-order valence-electron chi connectivity index (χ2n) is 7.86. The summed E-state index contributed by atoms with van der Waals surface area (Å²) in [5.74, 6) is -1.11. The van der Waals surface area contributed by atoms with Gasteiger partial charge in [0, 0.05) is 13.2 Å². The van der Waals surface area contributed by atoms with Gasteiger partial charge in [0.2, 0.25) is 6.81 Å². The highest BCUT2D eigenvalue weighted by atomic mass is 19.1. The Morgan fingerprint density at radius 2 is 1.94 bits per heavy atom. The van der Waals surface area contributed by atoms with Crippen molar-refractivity contribution in [2.75, 3.05) is 20.0 Å². The zero-order valence-corrected chi connectivity index (χ0v) is 18.0. The SMILES string of the molecule is [2H]C([2H])([18F])Oc1cn(-c2ccc(C3CCOCC3)cc2F)nc(-c2ccnn2-c2ccccc2)c1=O. The van der Waals surface area contributed by atoms with Crippen LogP contribution in [0.4, 0.5) is 8.78 Å². The van der Waals surface area contributed by atoms with Crippen LogP contribution in [0.5, 0.6) is 5.75 Å². The van der Waals surface area contributed by atoms with Crippen molar-refractivity contribution < 1.29 is 21.0 Å². The molecule has 174 valence electrons. The lowest BCUT2D eigenvalue weighted by atomic mass is 9.91. The van der Waals surface area contributed by atoms with Gasteiger partial charge >= 0.3 is 0 Å². The molecule has 1 aliphatic rings. The Morgan fingerprint density at radius 1 is 1.15 bits per heavy atom. The first kappa shape index (κ1) is 19.6. The summed E-state index contributed by atoms with van der Waals surface area (Å²) >= 11 is 0. The number of nitrogens with zero attached hydrogens (tertiary/aromatic N) is 4. The molecular weight excluding hydrogens is 441 g/mol. The van der Waals surface area contributed by atoms with Gasteiger partial charge in [-0.2, -0.15) is 10.2 Å². The van der Waals surface area contributed by atoms with Crippen molar-refractivity contribution in [3.8, 4) is 28.5 Å². The predicted octanol–water partition coefficient (Wildman–Crippen LogP) is 4.42. The zero-order valence-electron chi connectivity index (χ0n) is 20.0. The van der Waals surface area contributed by atoms with Gasteiger partial charge in [-0.05, 0) is 54.7 Å². The molecule has 34 heavy (non-hydrogen) atoms. The predicted molar refractivity (Wildman–Crippen MR) is 122 cm³/mol. The average Bonchev–Trinajstić information content (AvgIpc) is 3.35. The average molecular weight is 465 g/mol. The number of benzene rings is 2. The molecule has 2 aromatic heterocycles. The lowest BCUT2D eigenvalue weighted by Crippen LogP contribution is -2.19. The number of alkyl halides is 1. The van der Waals surface area contributed by atoms with Crippen LogP contribution in [0.2, 0.25) is 0 Å². The molecule has 7 nitrogen and oxygen atoms in total. The standard InChI is InChI=1S/C25H22F2N4O3/c26-16-34-23-15-30(21-7-6-18(14-20(21)27)17-9-12-33-13-10-17)29-24(25(23)32)22-8-11-28-31(22)19-4-2-1-3-5-19/h1-8,11,14-15,17H,9-10,12-13,16H2/i16D2,26-1. The molecular formula is C25H22F2N4O3. The van der Waals surface area contributed by atoms with Gasteiger partial charge in [0.25, 0.3) is 5.43 Å². The van der Waals surface area contributed by atoms with Crippen LogP contribution >= 0.6 is 0 Å². The molecule has 2 aromatic carbocycles. The van der Waals surface area contributed by atoms with Crippen molar-refractivity contribution in [3.05, 3.63) is 88.6 Å². The van der Waals surface area contributed by atoms with Crippen LogP contribution in [0.1, 0.15) is 27.1 Å². The minimum absolute atomic E-state index is 0.0119. The highest BCUT2D eigenvalue weighted by Gasteiger charge is 2.21. The Balaban J connectivity index is 1.63. The number of ether oxygens (including phenoxy) is 2. The number of rotatable bonds is 6. The van der Waals surface area contributed by atoms with E-state index < -0.39 is 23.8 Å². The molecule has 1 saturated heterocycles. The van der Waals surface area contributed by atoms with Gasteiger partial charge in [0.15, 0.2) is 11.4 Å². The van der Waals surface area contributed by atoms with Crippen molar-refractivity contribution in [1.82, 2.24) is 19.6 Å². The van der Waals surface area contributed by atoms with Crippen LogP contribution < -0.4 is 10.2 Å². The number of para-hydroxylation sites is 1. The first-order chi connectivity index (χ1) is 17.3. The summed E-state index contributed by atoms with van der Waals surface area (Å²) in [5, 5.41) is 8.57. The third-order valence-electron chi connectivity index (χ3n) is 5.83. The number of hydrogen-bond acceptors (Lipinski definition) is 5. The van der Waals surface area contributed by atoms with E-state index in [1.165, 1.54) is 29.1 Å². The van der Waals surface area contributed by atoms with E-state index in [1.54, 1.807) is 30.3 Å². The zero-order chi connectivity index (χ0) is 25.3. The second-order valence-corrected chi connectivity index (χ2v) is 7.86. The van der Waals surface area contributed by atoms with Gasteiger partial charge in [0.05, 0.1) is 23.8 Å². The molecule has 0 N–H and O–H groups in total. The van der Waals surface area contributed by atoms with Crippen molar-refractivity contribution in [2.24, 2.45) is 0 Å². The molecule has 0 bridgehead atoms. The molecule has 1 aliphatic heterocycles. The second kappa shape index (κ2) is 9.56. The first-order valence-electron chi connectivity index (χ1n) is 11.8. The summed E-state index contributed by atoms with van der Waals surface area (Å²) in [6.07, 6.45) is 4.00. The quantitative estimate of drug-likeness (QED) is 0.422. The normalized spacial score (nSPS) is 15.6. The van der Waals surface area contributed by atoms with Crippen molar-refractivity contribution >= 4 is 0 Å². The summed E-state index contributed by atoms with van der Waals surface area (Å²) in [7, 11) is 0. The van der Waals surface area contributed by atoms with E-state index in [0.29, 0.717) is 18.9 Å². The summed E-state index contributed by atoms with van der Waals surface area (Å²) in [6, 6.07) is 15.2. The van der Waals surface area contributed by atoms with Gasteiger partial charge in [0.1, 0.15) is 14.2 Å². The van der Waals surface area contributed by atoms with E-state index in [1.807, 2.05) is 6.07 Å². The van der Waals surface area contributed by atoms with Crippen LogP contribution in [0.15, 0.2) is 71.8 Å². The summed E-state index contributed by atoms with van der Waals surface area (Å²) in [4.78, 5) is 13.2. The van der Waals surface area contributed by atoms with Crippen molar-refractivity contribution in [2.45, 2.75) is 18.8 Å². The number of halogens is 2. The Morgan fingerprint density at radius 3 is 2.68 bits per heavy atom. The van der Waals surface area contributed by atoms with Gasteiger partial charge < -0.3 is 9.47 Å². The van der Waals surface area contributed by atoms with E-state index in [-0.39, 0.29) is 23.0 Å². The van der Waals surface area contributed by atoms with Crippen molar-refractivity contribution in [1.29, 1.82) is 0 Å². The van der Waals surface area contributed by atoms with Gasteiger partial charge in [-0.1, -0.05) is 24.3 Å². The fraction of sp³-hybridized carbons (Fsp3) is 0.240. The molecule has 0 unspecified atom stereocenters. The maximum atomic E-state index is 15.3. The van der Waals surface area contributed by atoms with Crippen LogP contribution in [0, 0.1) is 5.82 Å². The molecule has 5 rings (SSSR count). The highest BCUT2D eigenvalue weighted by Crippen LogP contribution is 2.29. The molecule has 9 heteroatoms. The van der Waals surface area contributed by atoms with Gasteiger partial charge in [-0.3, -0.25) is 4.79 Å². The van der Waals surface area contributed by atoms with Gasteiger partial charge in [-0.15, -0.1) is 0 Å². The maximum Gasteiger partial charge on any atom is 0.251 e. The Kier molecular flexibility index (Phi) is 5.51. The van der Waals surface area contributed by atoms with Crippen LogP contribution in [-0.2, 0) is 4.74 Å². The topological polar surface area (TPSA) is 71.2 Å². The van der Waals surface area contributed by atoms with E-state index in [0.717, 1.165) is 29.3 Å². The molecule has 1 fully saturated rings. The third-order valence-corrected chi connectivity index (χ3v) is 5.83. The molecule has 0 saturated carbocycles. The fourth-order valence-electron chi connectivity index (χ4n) is 4.13. The van der Waals surface area contributed by atoms with E-state index in [9.17, 15) is 9.18 Å². The van der Waals surface area contributed by atoms with Gasteiger partial charge in [-0.25, -0.2) is 18.1 Å². The smallest absolute Gasteiger partial charge is 0.251 e. The molecule has 0 amide bonds. The minimum atomic E-state index is -3.64. The molecule has 0 spiro atoms. The Labute approximate surface area is 197 Å². The van der Waals surface area contributed by atoms with E-state index in [4.69, 9.17) is 7.48 Å². The molecule has 3 heterocycles. The lowest BCUT2D eigenvalue weighted by Gasteiger charge is -2.22.